The number of imide groups is 1. The maximum Gasteiger partial charge on any atom is 0.329 e. The lowest BCUT2D eigenvalue weighted by Gasteiger charge is -2.23. The van der Waals surface area contributed by atoms with Crippen LogP contribution < -0.4 is 10.1 Å². The fraction of sp³-hybridized carbons (Fsp3) is 0.429. The number of rotatable bonds is 6. The first-order chi connectivity index (χ1) is 13.8. The number of carbonyl (C=O) groups is 4. The molecule has 0 radical (unpaired) electrons. The highest BCUT2D eigenvalue weighted by molar-refractivity contribution is 6.08. The number of hydrogen-bond donors (Lipinski definition) is 1. The topological polar surface area (TPSA) is 102 Å². The molecule has 0 spiro atoms. The van der Waals surface area contributed by atoms with E-state index in [4.69, 9.17) is 9.47 Å². The van der Waals surface area contributed by atoms with Gasteiger partial charge in [0.1, 0.15) is 11.8 Å². The van der Waals surface area contributed by atoms with Gasteiger partial charge < -0.3 is 14.8 Å². The summed E-state index contributed by atoms with van der Waals surface area (Å²) in [6, 6.07) is 5.74. The molecule has 1 aromatic rings. The minimum atomic E-state index is -1.12. The van der Waals surface area contributed by atoms with Gasteiger partial charge in [-0.1, -0.05) is 24.3 Å². The minimum absolute atomic E-state index is 0.361. The predicted molar refractivity (Wildman–Crippen MR) is 104 cm³/mol. The Hall–Kier alpha value is -3.16. The summed E-state index contributed by atoms with van der Waals surface area (Å²) in [5.74, 6) is -2.45. The van der Waals surface area contributed by atoms with Gasteiger partial charge in [-0.3, -0.25) is 19.3 Å². The number of anilines is 1. The Morgan fingerprint density at radius 1 is 1.07 bits per heavy atom. The first-order valence-corrected chi connectivity index (χ1v) is 9.51. The van der Waals surface area contributed by atoms with Gasteiger partial charge in [0.2, 0.25) is 11.8 Å². The van der Waals surface area contributed by atoms with Crippen LogP contribution in [0, 0.1) is 11.8 Å². The third kappa shape index (κ3) is 4.01. The number of fused-ring (bicyclic) bond motifs is 1. The summed E-state index contributed by atoms with van der Waals surface area (Å²) in [7, 11) is 1.48. The molecule has 0 unspecified atom stereocenters. The molecule has 2 aliphatic rings. The third-order valence-electron chi connectivity index (χ3n) is 5.30. The number of carbonyl (C=O) groups excluding carboxylic acids is 4. The number of esters is 1. The van der Waals surface area contributed by atoms with Gasteiger partial charge in [0.05, 0.1) is 24.6 Å². The Morgan fingerprint density at radius 3 is 2.24 bits per heavy atom. The van der Waals surface area contributed by atoms with Crippen LogP contribution >= 0.6 is 0 Å². The van der Waals surface area contributed by atoms with E-state index in [2.05, 4.69) is 5.32 Å². The van der Waals surface area contributed by atoms with Crippen molar-refractivity contribution in [3.8, 4) is 5.75 Å². The summed E-state index contributed by atoms with van der Waals surface area (Å²) in [4.78, 5) is 51.1. The predicted octanol–water partition coefficient (Wildman–Crippen LogP) is 1.91. The SMILES string of the molecule is COc1ccccc1NC(=O)[C@@H](C)OC(=O)[C@H](C)N1C(=O)[C@H]2CC=CC[C@@H]2C1=O. The van der Waals surface area contributed by atoms with Crippen LogP contribution in [0.15, 0.2) is 36.4 Å². The monoisotopic (exact) mass is 400 g/mol. The molecule has 1 fully saturated rings. The fourth-order valence-electron chi connectivity index (χ4n) is 3.62. The number of nitrogens with zero attached hydrogens (tertiary/aromatic N) is 1. The number of methoxy groups -OCH3 is 1. The van der Waals surface area contributed by atoms with Gasteiger partial charge in [0.25, 0.3) is 5.91 Å². The van der Waals surface area contributed by atoms with Crippen molar-refractivity contribution in [3.05, 3.63) is 36.4 Å². The van der Waals surface area contributed by atoms with E-state index in [0.29, 0.717) is 24.3 Å². The van der Waals surface area contributed by atoms with Crippen molar-refractivity contribution in [1.82, 2.24) is 4.90 Å². The van der Waals surface area contributed by atoms with Gasteiger partial charge in [-0.05, 0) is 38.8 Å². The molecule has 0 saturated carbocycles. The first-order valence-electron chi connectivity index (χ1n) is 9.51. The smallest absolute Gasteiger partial charge is 0.329 e. The maximum atomic E-state index is 12.6. The molecule has 154 valence electrons. The molecule has 1 N–H and O–H groups in total. The van der Waals surface area contributed by atoms with Crippen LogP contribution in [-0.2, 0) is 23.9 Å². The summed E-state index contributed by atoms with van der Waals surface area (Å²) in [6.45, 7) is 2.86. The number of hydrogen-bond acceptors (Lipinski definition) is 6. The molecule has 1 aliphatic heterocycles. The van der Waals surface area contributed by atoms with Crippen LogP contribution in [0.2, 0.25) is 0 Å². The van der Waals surface area contributed by atoms with Crippen LogP contribution in [0.25, 0.3) is 0 Å². The van der Waals surface area contributed by atoms with Crippen molar-refractivity contribution < 1.29 is 28.7 Å². The average Bonchev–Trinajstić information content (AvgIpc) is 2.98. The molecule has 29 heavy (non-hydrogen) atoms. The number of nitrogens with one attached hydrogen (secondary N) is 1. The van der Waals surface area contributed by atoms with Gasteiger partial charge >= 0.3 is 5.97 Å². The molecule has 4 atom stereocenters. The third-order valence-corrected chi connectivity index (χ3v) is 5.30. The average molecular weight is 400 g/mol. The van der Waals surface area contributed by atoms with Crippen LogP contribution in [-0.4, -0.2) is 47.8 Å². The Morgan fingerprint density at radius 2 is 1.66 bits per heavy atom. The van der Waals surface area contributed by atoms with Gasteiger partial charge in [0.15, 0.2) is 6.10 Å². The quantitative estimate of drug-likeness (QED) is 0.445. The number of para-hydroxylation sites is 2. The highest BCUT2D eigenvalue weighted by Gasteiger charge is 2.50. The van der Waals surface area contributed by atoms with Gasteiger partial charge in [0, 0.05) is 0 Å². The normalized spacial score (nSPS) is 22.7. The second-order valence-electron chi connectivity index (χ2n) is 7.15. The van der Waals surface area contributed by atoms with Crippen LogP contribution in [0.4, 0.5) is 5.69 Å². The van der Waals surface area contributed by atoms with Gasteiger partial charge in [-0.2, -0.15) is 0 Å². The molecule has 8 heteroatoms. The second kappa shape index (κ2) is 8.46. The molecule has 0 bridgehead atoms. The highest BCUT2D eigenvalue weighted by atomic mass is 16.5. The van der Waals surface area contributed by atoms with E-state index >= 15 is 0 Å². The molecule has 8 nitrogen and oxygen atoms in total. The molecular formula is C21H24N2O6. The second-order valence-corrected chi connectivity index (χ2v) is 7.15. The van der Waals surface area contributed by atoms with Crippen molar-refractivity contribution in [2.24, 2.45) is 11.8 Å². The van der Waals surface area contributed by atoms with E-state index in [9.17, 15) is 19.2 Å². The Balaban J connectivity index is 1.62. The molecule has 1 heterocycles. The number of amides is 3. The zero-order valence-electron chi connectivity index (χ0n) is 16.6. The molecule has 1 aliphatic carbocycles. The summed E-state index contributed by atoms with van der Waals surface area (Å²) in [5, 5.41) is 2.64. The summed E-state index contributed by atoms with van der Waals surface area (Å²) in [6.07, 6.45) is 3.62. The lowest BCUT2D eigenvalue weighted by molar-refractivity contribution is -0.163. The van der Waals surface area contributed by atoms with Crippen molar-refractivity contribution in [3.63, 3.8) is 0 Å². The van der Waals surface area contributed by atoms with E-state index in [-0.39, 0.29) is 11.8 Å². The van der Waals surface area contributed by atoms with E-state index in [1.807, 2.05) is 12.2 Å². The van der Waals surface area contributed by atoms with E-state index < -0.39 is 35.9 Å². The summed E-state index contributed by atoms with van der Waals surface area (Å²) >= 11 is 0. The van der Waals surface area contributed by atoms with Crippen molar-refractivity contribution in [1.29, 1.82) is 0 Å². The molecule has 3 amide bonds. The van der Waals surface area contributed by atoms with Gasteiger partial charge in [-0.15, -0.1) is 0 Å². The maximum absolute atomic E-state index is 12.6. The Labute approximate surface area is 168 Å². The lowest BCUT2D eigenvalue weighted by Crippen LogP contribution is -2.46. The van der Waals surface area contributed by atoms with Crippen LogP contribution in [0.5, 0.6) is 5.75 Å². The highest BCUT2D eigenvalue weighted by Crippen LogP contribution is 2.36. The molecular weight excluding hydrogens is 376 g/mol. The molecule has 1 aromatic carbocycles. The number of benzene rings is 1. The van der Waals surface area contributed by atoms with Crippen LogP contribution in [0.3, 0.4) is 0 Å². The zero-order valence-corrected chi connectivity index (χ0v) is 16.6. The molecule has 1 saturated heterocycles. The van der Waals surface area contributed by atoms with Crippen LogP contribution in [0.1, 0.15) is 26.7 Å². The van der Waals surface area contributed by atoms with Crippen molar-refractivity contribution in [2.75, 3.05) is 12.4 Å². The van der Waals surface area contributed by atoms with Crippen molar-refractivity contribution in [2.45, 2.75) is 38.8 Å². The first kappa shape index (κ1) is 20.6. The zero-order chi connectivity index (χ0) is 21.1. The number of likely N-dealkylation sites (tertiary alicyclic amines) is 1. The number of ether oxygens (including phenoxy) is 2. The fourth-order valence-corrected chi connectivity index (χ4v) is 3.62. The van der Waals surface area contributed by atoms with Crippen molar-refractivity contribution >= 4 is 29.4 Å². The molecule has 3 rings (SSSR count). The summed E-state index contributed by atoms with van der Waals surface area (Å²) < 4.78 is 10.4. The van der Waals surface area contributed by atoms with E-state index in [1.165, 1.54) is 21.0 Å². The largest absolute Gasteiger partial charge is 0.495 e. The number of allylic oxidation sites excluding steroid dienone is 2. The Kier molecular flexibility index (Phi) is 6.00. The van der Waals surface area contributed by atoms with E-state index in [0.717, 1.165) is 4.90 Å². The molecule has 0 aromatic heterocycles. The summed E-state index contributed by atoms with van der Waals surface area (Å²) in [5.41, 5.74) is 0.442. The van der Waals surface area contributed by atoms with E-state index in [1.54, 1.807) is 24.3 Å². The van der Waals surface area contributed by atoms with Gasteiger partial charge in [-0.25, -0.2) is 4.79 Å². The minimum Gasteiger partial charge on any atom is -0.495 e. The lowest BCUT2D eigenvalue weighted by atomic mass is 9.85. The standard InChI is InChI=1S/C21H24N2O6/c1-12(23-19(25)14-8-4-5-9-15(14)20(23)26)21(27)29-13(2)18(24)22-16-10-6-7-11-17(16)28-3/h4-7,10-15H,8-9H2,1-3H3,(H,22,24)/t12-,13+,14-,15-/m0/s1. The Bertz CT molecular complexity index is 838.